The molecule has 4 aromatic rings. The Balaban J connectivity index is 1.35. The minimum absolute atomic E-state index is 0.0696. The molecular weight excluding hydrogens is 410 g/mol. The number of fused-ring (bicyclic) bond motifs is 1. The van der Waals surface area contributed by atoms with Gasteiger partial charge in [-0.15, -0.1) is 11.3 Å². The summed E-state index contributed by atoms with van der Waals surface area (Å²) in [4.78, 5) is 29.4. The number of aryl methyl sites for hydroxylation is 1. The van der Waals surface area contributed by atoms with Gasteiger partial charge in [-0.3, -0.25) is 14.0 Å². The molecule has 0 saturated carbocycles. The molecule has 0 aliphatic heterocycles. The fourth-order valence-electron chi connectivity index (χ4n) is 2.96. The fraction of sp³-hybridized carbons (Fsp3) is 0.200. The number of hydrogen-bond acceptors (Lipinski definition) is 5. The van der Waals surface area contributed by atoms with E-state index in [1.807, 2.05) is 40.2 Å². The molecule has 29 heavy (non-hydrogen) atoms. The van der Waals surface area contributed by atoms with Gasteiger partial charge >= 0.3 is 0 Å². The number of imidazole rings is 1. The maximum Gasteiger partial charge on any atom is 0.266 e. The lowest BCUT2D eigenvalue weighted by molar-refractivity contribution is -0.120. The van der Waals surface area contributed by atoms with Crippen LogP contribution in [0.25, 0.3) is 16.2 Å². The molecule has 9 heteroatoms. The van der Waals surface area contributed by atoms with E-state index in [2.05, 4.69) is 15.4 Å². The third-order valence-corrected chi connectivity index (χ3v) is 5.56. The number of carbonyl (C=O) groups excluding carboxylic acids is 1. The van der Waals surface area contributed by atoms with Crippen LogP contribution in [0.1, 0.15) is 12.1 Å². The highest BCUT2D eigenvalue weighted by atomic mass is 35.5. The first kappa shape index (κ1) is 19.4. The Kier molecular flexibility index (Phi) is 5.73. The molecule has 0 radical (unpaired) electrons. The zero-order chi connectivity index (χ0) is 20.2. The van der Waals surface area contributed by atoms with Gasteiger partial charge < -0.3 is 5.32 Å². The summed E-state index contributed by atoms with van der Waals surface area (Å²) in [5.74, 6) is -0.0696. The van der Waals surface area contributed by atoms with Gasteiger partial charge in [0, 0.05) is 53.2 Å². The molecule has 0 bridgehead atoms. The van der Waals surface area contributed by atoms with E-state index in [4.69, 9.17) is 11.6 Å². The summed E-state index contributed by atoms with van der Waals surface area (Å²) in [6, 6.07) is 10.6. The molecule has 3 aromatic heterocycles. The predicted octanol–water partition coefficient (Wildman–Crippen LogP) is 3.02. The third kappa shape index (κ3) is 4.55. The average Bonchev–Trinajstić information content (AvgIpc) is 3.29. The van der Waals surface area contributed by atoms with Crippen molar-refractivity contribution >= 4 is 33.8 Å². The Morgan fingerprint density at radius 3 is 2.83 bits per heavy atom. The Hall–Kier alpha value is -2.97. The summed E-state index contributed by atoms with van der Waals surface area (Å²) < 4.78 is 3.33. The molecule has 0 fully saturated rings. The molecule has 0 atom stereocenters. The summed E-state index contributed by atoms with van der Waals surface area (Å²) in [6.07, 6.45) is 4.41. The summed E-state index contributed by atoms with van der Waals surface area (Å²) in [6.45, 7) is 0.948. The Morgan fingerprint density at radius 2 is 2.03 bits per heavy atom. The molecule has 4 rings (SSSR count). The Labute approximate surface area is 175 Å². The molecule has 0 aliphatic rings. The van der Waals surface area contributed by atoms with E-state index in [1.165, 1.54) is 22.1 Å². The van der Waals surface area contributed by atoms with Crippen molar-refractivity contribution < 1.29 is 4.79 Å². The lowest BCUT2D eigenvalue weighted by Gasteiger charge is -2.06. The Bertz CT molecular complexity index is 1200. The van der Waals surface area contributed by atoms with Crippen LogP contribution < -0.4 is 10.9 Å². The molecule has 7 nitrogen and oxygen atoms in total. The third-order valence-electron chi connectivity index (χ3n) is 4.42. The van der Waals surface area contributed by atoms with Crippen molar-refractivity contribution in [2.24, 2.45) is 0 Å². The number of carbonyl (C=O) groups is 1. The number of aromatic nitrogens is 4. The molecule has 0 saturated heterocycles. The zero-order valence-corrected chi connectivity index (χ0v) is 17.0. The van der Waals surface area contributed by atoms with Crippen LogP contribution in [0.5, 0.6) is 0 Å². The second-order valence-corrected chi connectivity index (χ2v) is 7.75. The lowest BCUT2D eigenvalue weighted by Crippen LogP contribution is -2.29. The number of halogens is 1. The standard InChI is InChI=1S/C20H18ClN5O2S/c21-15-6-4-14(5-7-15)17-12-25-16(13-29-20(25)24-17)11-18(27)22-8-2-10-26-19(28)3-1-9-23-26/h1,3-7,9,12-13H,2,8,10-11H2,(H,22,27). The normalized spacial score (nSPS) is 11.1. The average molecular weight is 428 g/mol. The predicted molar refractivity (Wildman–Crippen MR) is 113 cm³/mol. The van der Waals surface area contributed by atoms with Gasteiger partial charge in [-0.2, -0.15) is 5.10 Å². The van der Waals surface area contributed by atoms with E-state index < -0.39 is 0 Å². The topological polar surface area (TPSA) is 81.3 Å². The summed E-state index contributed by atoms with van der Waals surface area (Å²) in [7, 11) is 0. The van der Waals surface area contributed by atoms with Crippen LogP contribution in [0.4, 0.5) is 0 Å². The van der Waals surface area contributed by atoms with Gasteiger partial charge in [0.25, 0.3) is 5.56 Å². The van der Waals surface area contributed by atoms with Crippen LogP contribution in [0.2, 0.25) is 5.02 Å². The molecule has 0 unspecified atom stereocenters. The van der Waals surface area contributed by atoms with Crippen molar-refractivity contribution in [1.29, 1.82) is 0 Å². The lowest BCUT2D eigenvalue weighted by atomic mass is 10.2. The van der Waals surface area contributed by atoms with Gasteiger partial charge in [-0.05, 0) is 24.6 Å². The molecule has 1 aromatic carbocycles. The molecule has 1 amide bonds. The first-order chi connectivity index (χ1) is 14.1. The van der Waals surface area contributed by atoms with Crippen LogP contribution in [-0.2, 0) is 17.8 Å². The first-order valence-corrected chi connectivity index (χ1v) is 10.4. The van der Waals surface area contributed by atoms with Crippen molar-refractivity contribution in [2.45, 2.75) is 19.4 Å². The molecular formula is C20H18ClN5O2S. The first-order valence-electron chi connectivity index (χ1n) is 9.10. The quantitative estimate of drug-likeness (QED) is 0.460. The molecule has 0 spiro atoms. The molecule has 0 aliphatic carbocycles. The van der Waals surface area contributed by atoms with Crippen LogP contribution >= 0.6 is 22.9 Å². The summed E-state index contributed by atoms with van der Waals surface area (Å²) in [5.41, 5.74) is 2.56. The van der Waals surface area contributed by atoms with E-state index in [0.29, 0.717) is 24.5 Å². The smallest absolute Gasteiger partial charge is 0.266 e. The van der Waals surface area contributed by atoms with E-state index >= 15 is 0 Å². The minimum atomic E-state index is -0.143. The van der Waals surface area contributed by atoms with Crippen molar-refractivity contribution in [3.05, 3.63) is 75.2 Å². The van der Waals surface area contributed by atoms with Crippen molar-refractivity contribution in [3.8, 4) is 11.3 Å². The number of benzene rings is 1. The number of thiazole rings is 1. The SMILES string of the molecule is O=C(Cc1csc2nc(-c3ccc(Cl)cc3)cn12)NCCCn1ncccc1=O. The van der Waals surface area contributed by atoms with E-state index in [0.717, 1.165) is 21.9 Å². The summed E-state index contributed by atoms with van der Waals surface area (Å²) >= 11 is 7.45. The largest absolute Gasteiger partial charge is 0.356 e. The fourth-order valence-corrected chi connectivity index (χ4v) is 3.95. The van der Waals surface area contributed by atoms with Gasteiger partial charge in [0.15, 0.2) is 4.96 Å². The van der Waals surface area contributed by atoms with Crippen LogP contribution in [0.3, 0.4) is 0 Å². The highest BCUT2D eigenvalue weighted by Crippen LogP contribution is 2.25. The number of nitrogens with zero attached hydrogens (tertiary/aromatic N) is 4. The second-order valence-electron chi connectivity index (χ2n) is 6.48. The monoisotopic (exact) mass is 427 g/mol. The second kappa shape index (κ2) is 8.59. The highest BCUT2D eigenvalue weighted by molar-refractivity contribution is 7.15. The highest BCUT2D eigenvalue weighted by Gasteiger charge is 2.12. The molecule has 148 valence electrons. The minimum Gasteiger partial charge on any atom is -0.356 e. The van der Waals surface area contributed by atoms with E-state index in [9.17, 15) is 9.59 Å². The van der Waals surface area contributed by atoms with Crippen LogP contribution in [-0.4, -0.2) is 31.6 Å². The number of nitrogens with one attached hydrogen (secondary N) is 1. The van der Waals surface area contributed by atoms with Crippen molar-refractivity contribution in [1.82, 2.24) is 24.5 Å². The van der Waals surface area contributed by atoms with E-state index in [-0.39, 0.29) is 17.9 Å². The number of rotatable bonds is 7. The van der Waals surface area contributed by atoms with Gasteiger partial charge in [0.1, 0.15) is 0 Å². The molecule has 3 heterocycles. The van der Waals surface area contributed by atoms with E-state index in [1.54, 1.807) is 12.3 Å². The maximum absolute atomic E-state index is 12.3. The van der Waals surface area contributed by atoms with Gasteiger partial charge in [0.05, 0.1) is 12.1 Å². The van der Waals surface area contributed by atoms with Crippen molar-refractivity contribution in [2.75, 3.05) is 6.54 Å². The van der Waals surface area contributed by atoms with Gasteiger partial charge in [0.2, 0.25) is 5.91 Å². The zero-order valence-electron chi connectivity index (χ0n) is 15.4. The maximum atomic E-state index is 12.3. The Morgan fingerprint density at radius 1 is 1.21 bits per heavy atom. The van der Waals surface area contributed by atoms with Crippen LogP contribution in [0.15, 0.2) is 59.0 Å². The number of hydrogen-bond donors (Lipinski definition) is 1. The van der Waals surface area contributed by atoms with Gasteiger partial charge in [-0.25, -0.2) is 9.67 Å². The number of amides is 1. The van der Waals surface area contributed by atoms with Crippen molar-refractivity contribution in [3.63, 3.8) is 0 Å². The molecule has 1 N–H and O–H groups in total. The van der Waals surface area contributed by atoms with Gasteiger partial charge in [-0.1, -0.05) is 23.7 Å². The summed E-state index contributed by atoms with van der Waals surface area (Å²) in [5, 5.41) is 9.52. The van der Waals surface area contributed by atoms with Crippen LogP contribution in [0, 0.1) is 0 Å².